The number of nitrogens with two attached hydrogens (primary N) is 2. The van der Waals surface area contributed by atoms with E-state index in [0.29, 0.717) is 10.9 Å². The third-order valence-electron chi connectivity index (χ3n) is 5.79. The van der Waals surface area contributed by atoms with E-state index in [-0.39, 0.29) is 5.69 Å². The van der Waals surface area contributed by atoms with Crippen LogP contribution in [0.4, 0.5) is 11.4 Å². The fourth-order valence-corrected chi connectivity index (χ4v) is 5.46. The summed E-state index contributed by atoms with van der Waals surface area (Å²) in [6, 6.07) is 16.7. The topological polar surface area (TPSA) is 168 Å². The van der Waals surface area contributed by atoms with Crippen LogP contribution in [0.25, 0.3) is 21.0 Å². The number of hydrogen-bond acceptors (Lipinski definition) is 8. The third-order valence-corrected chi connectivity index (χ3v) is 7.86. The molecule has 2 aromatic carbocycles. The van der Waals surface area contributed by atoms with Gasteiger partial charge in [0.1, 0.15) is 10.6 Å². The standard InChI is InChI=1S/C9H6BrNO2.C9H5BrO2S.C7H11N3.C4H9NO/c10-6-2-1-5-3-8(9(12)13)11-7(5)4-6;10-6-2-1-5-3-8(9(11)12)13-7(5)4-6;1-10(2)7-5-9-4-3-6(7)8;5-4-1-2-6-3-4/h1-4,11H,(H,12,13);1-4H,(H,11,12);3-5H,1-2H3,(H2,8,9);4H,1-3,5H2. The lowest BCUT2D eigenvalue weighted by Crippen LogP contribution is -2.18. The molecule has 1 unspecified atom stereocenters. The van der Waals surface area contributed by atoms with Crippen molar-refractivity contribution in [3.8, 4) is 0 Å². The Labute approximate surface area is 263 Å². The number of aromatic amines is 1. The second kappa shape index (κ2) is 15.7. The molecule has 222 valence electrons. The zero-order valence-electron chi connectivity index (χ0n) is 22.9. The first kappa shape index (κ1) is 33.0. The summed E-state index contributed by atoms with van der Waals surface area (Å²) in [6.07, 6.45) is 4.47. The molecule has 0 amide bonds. The number of rotatable bonds is 3. The van der Waals surface area contributed by atoms with Gasteiger partial charge >= 0.3 is 11.9 Å². The van der Waals surface area contributed by atoms with Crippen molar-refractivity contribution in [3.63, 3.8) is 0 Å². The van der Waals surface area contributed by atoms with Gasteiger partial charge in [-0.1, -0.05) is 44.0 Å². The molecule has 42 heavy (non-hydrogen) atoms. The minimum absolute atomic E-state index is 0.216. The minimum atomic E-state index is -0.938. The summed E-state index contributed by atoms with van der Waals surface area (Å²) in [5.41, 5.74) is 13.8. The molecule has 0 aliphatic carbocycles. The summed E-state index contributed by atoms with van der Waals surface area (Å²) in [4.78, 5) is 30.3. The SMILES string of the molecule is CN(C)c1cnccc1N.NC1CCOC1.O=C(O)c1cc2ccc(Br)cc2[nH]1.O=C(O)c1cc2ccc(Br)cc2s1. The second-order valence-electron chi connectivity index (χ2n) is 9.27. The van der Waals surface area contributed by atoms with Crippen molar-refractivity contribution in [2.75, 3.05) is 37.9 Å². The van der Waals surface area contributed by atoms with Gasteiger partial charge in [-0.15, -0.1) is 11.3 Å². The molecular weight excluding hydrogens is 690 g/mol. The van der Waals surface area contributed by atoms with E-state index in [4.69, 9.17) is 26.4 Å². The Morgan fingerprint density at radius 1 is 1.02 bits per heavy atom. The monoisotopic (exact) mass is 719 g/mol. The summed E-state index contributed by atoms with van der Waals surface area (Å²) in [7, 11) is 3.88. The predicted octanol–water partition coefficient (Wildman–Crippen LogP) is 6.45. The van der Waals surface area contributed by atoms with Crippen LogP contribution >= 0.6 is 43.2 Å². The summed E-state index contributed by atoms with van der Waals surface area (Å²) in [5, 5.41) is 19.3. The van der Waals surface area contributed by atoms with Crippen LogP contribution in [-0.2, 0) is 4.74 Å². The van der Waals surface area contributed by atoms with Gasteiger partial charge in [0, 0.05) is 57.5 Å². The number of pyridine rings is 1. The number of carboxylic acid groups (broad SMARTS) is 2. The summed E-state index contributed by atoms with van der Waals surface area (Å²) < 4.78 is 7.82. The molecule has 5 aromatic rings. The first-order chi connectivity index (χ1) is 19.9. The highest BCUT2D eigenvalue weighted by atomic mass is 79.9. The van der Waals surface area contributed by atoms with Gasteiger partial charge in [-0.2, -0.15) is 0 Å². The van der Waals surface area contributed by atoms with Gasteiger partial charge in [0.2, 0.25) is 0 Å². The van der Waals surface area contributed by atoms with Gasteiger partial charge < -0.3 is 36.3 Å². The van der Waals surface area contributed by atoms with Crippen molar-refractivity contribution in [1.29, 1.82) is 0 Å². The van der Waals surface area contributed by atoms with Crippen LogP contribution in [0.3, 0.4) is 0 Å². The van der Waals surface area contributed by atoms with Crippen molar-refractivity contribution in [1.82, 2.24) is 9.97 Å². The Bertz CT molecular complexity index is 1560. The number of anilines is 2. The number of thiophene rings is 1. The van der Waals surface area contributed by atoms with E-state index in [2.05, 4.69) is 41.8 Å². The molecule has 1 atom stereocenters. The van der Waals surface area contributed by atoms with E-state index in [1.54, 1.807) is 30.6 Å². The van der Waals surface area contributed by atoms with E-state index in [9.17, 15) is 9.59 Å². The number of fused-ring (bicyclic) bond motifs is 2. The fourth-order valence-electron chi connectivity index (χ4n) is 3.65. The lowest BCUT2D eigenvalue weighted by molar-refractivity contribution is 0.0685. The van der Waals surface area contributed by atoms with Crippen LogP contribution in [0, 0.1) is 0 Å². The number of aromatic nitrogens is 2. The number of halogens is 2. The maximum atomic E-state index is 10.7. The molecular formula is C29H31Br2N5O5S. The largest absolute Gasteiger partial charge is 0.477 e. The Hall–Kier alpha value is -3.49. The predicted molar refractivity (Wildman–Crippen MR) is 176 cm³/mol. The lowest BCUT2D eigenvalue weighted by Gasteiger charge is -2.13. The van der Waals surface area contributed by atoms with Crippen molar-refractivity contribution in [2.45, 2.75) is 12.5 Å². The van der Waals surface area contributed by atoms with Crippen LogP contribution in [-0.4, -0.2) is 65.5 Å². The first-order valence-electron chi connectivity index (χ1n) is 12.6. The highest BCUT2D eigenvalue weighted by molar-refractivity contribution is 9.10. The zero-order valence-corrected chi connectivity index (χ0v) is 26.9. The van der Waals surface area contributed by atoms with Crippen molar-refractivity contribution in [2.24, 2.45) is 5.73 Å². The van der Waals surface area contributed by atoms with Gasteiger partial charge in [0.15, 0.2) is 0 Å². The van der Waals surface area contributed by atoms with Crippen LogP contribution in [0.5, 0.6) is 0 Å². The smallest absolute Gasteiger partial charge is 0.352 e. The van der Waals surface area contributed by atoms with Gasteiger partial charge in [-0.25, -0.2) is 9.59 Å². The van der Waals surface area contributed by atoms with E-state index in [0.717, 1.165) is 60.9 Å². The maximum absolute atomic E-state index is 10.7. The van der Waals surface area contributed by atoms with Gasteiger partial charge in [0.25, 0.3) is 0 Å². The zero-order chi connectivity index (χ0) is 30.8. The molecule has 0 bridgehead atoms. The molecule has 3 aromatic heterocycles. The quantitative estimate of drug-likeness (QED) is 0.141. The number of hydrogen-bond donors (Lipinski definition) is 5. The summed E-state index contributed by atoms with van der Waals surface area (Å²) in [6.45, 7) is 1.63. The van der Waals surface area contributed by atoms with E-state index >= 15 is 0 Å². The molecule has 1 fully saturated rings. The second-order valence-corrected chi connectivity index (χ2v) is 12.2. The van der Waals surface area contributed by atoms with Crippen LogP contribution in [0.1, 0.15) is 26.6 Å². The van der Waals surface area contributed by atoms with Crippen molar-refractivity contribution >= 4 is 87.5 Å². The fraction of sp³-hybridized carbons (Fsp3) is 0.207. The van der Waals surface area contributed by atoms with E-state index < -0.39 is 11.9 Å². The van der Waals surface area contributed by atoms with Gasteiger partial charge in [-0.3, -0.25) is 4.98 Å². The molecule has 1 aliphatic rings. The number of H-pyrrole nitrogens is 1. The normalized spacial score (nSPS) is 13.7. The Morgan fingerprint density at radius 2 is 1.71 bits per heavy atom. The number of carboxylic acids is 2. The summed E-state index contributed by atoms with van der Waals surface area (Å²) >= 11 is 7.94. The highest BCUT2D eigenvalue weighted by Gasteiger charge is 2.09. The number of nitrogens with one attached hydrogen (secondary N) is 1. The average Bonchev–Trinajstić information content (AvgIpc) is 3.69. The molecule has 13 heteroatoms. The lowest BCUT2D eigenvalue weighted by atomic mass is 10.2. The molecule has 1 saturated heterocycles. The number of aromatic carboxylic acids is 2. The Morgan fingerprint density at radius 3 is 2.24 bits per heavy atom. The Balaban J connectivity index is 0.000000159. The number of nitrogens with zero attached hydrogens (tertiary/aromatic N) is 2. The summed E-state index contributed by atoms with van der Waals surface area (Å²) in [5.74, 6) is -1.80. The maximum Gasteiger partial charge on any atom is 0.352 e. The number of nitrogen functional groups attached to an aromatic ring is 1. The third kappa shape index (κ3) is 9.81. The minimum Gasteiger partial charge on any atom is -0.477 e. The number of carbonyl (C=O) groups is 2. The molecule has 4 heterocycles. The van der Waals surface area contributed by atoms with Crippen molar-refractivity contribution < 1.29 is 24.5 Å². The molecule has 1 aliphatic heterocycles. The van der Waals surface area contributed by atoms with Crippen LogP contribution < -0.4 is 16.4 Å². The van der Waals surface area contributed by atoms with Crippen LogP contribution in [0.15, 0.2) is 75.9 Å². The van der Waals surface area contributed by atoms with E-state index in [1.165, 1.54) is 11.3 Å². The number of ether oxygens (including phenoxy) is 1. The molecule has 6 rings (SSSR count). The average molecular weight is 721 g/mol. The Kier molecular flexibility index (Phi) is 12.3. The highest BCUT2D eigenvalue weighted by Crippen LogP contribution is 2.28. The molecule has 0 spiro atoms. The van der Waals surface area contributed by atoms with Gasteiger partial charge in [0.05, 0.1) is 24.2 Å². The number of benzene rings is 2. The van der Waals surface area contributed by atoms with Gasteiger partial charge in [-0.05, 0) is 54.3 Å². The van der Waals surface area contributed by atoms with Crippen molar-refractivity contribution in [3.05, 3.63) is 86.5 Å². The molecule has 0 radical (unpaired) electrons. The van der Waals surface area contributed by atoms with E-state index in [1.807, 2.05) is 55.4 Å². The molecule has 10 nitrogen and oxygen atoms in total. The molecule has 7 N–H and O–H groups in total. The van der Waals surface area contributed by atoms with Crippen LogP contribution in [0.2, 0.25) is 0 Å². The molecule has 0 saturated carbocycles. The first-order valence-corrected chi connectivity index (χ1v) is 15.0.